The quantitative estimate of drug-likeness (QED) is 0.784. The fraction of sp³-hybridized carbons (Fsp3) is 0.455. The molecule has 1 amide bonds. The highest BCUT2D eigenvalue weighted by molar-refractivity contribution is 5.89. The predicted octanol–water partition coefficient (Wildman–Crippen LogP) is 2.83. The summed E-state index contributed by atoms with van der Waals surface area (Å²) in [6, 6.07) is 14.6. The van der Waals surface area contributed by atoms with Crippen molar-refractivity contribution >= 4 is 22.6 Å². The number of fused-ring (bicyclic) bond motifs is 1. The molecule has 27 heavy (non-hydrogen) atoms. The first-order chi connectivity index (χ1) is 13.0. The van der Waals surface area contributed by atoms with Crippen LogP contribution in [0, 0.1) is 5.92 Å². The van der Waals surface area contributed by atoms with Crippen LogP contribution in [0.5, 0.6) is 0 Å². The Kier molecular flexibility index (Phi) is 4.64. The maximum absolute atomic E-state index is 12.9. The first kappa shape index (κ1) is 18.0. The van der Waals surface area contributed by atoms with Gasteiger partial charge >= 0.3 is 5.97 Å². The van der Waals surface area contributed by atoms with Crippen molar-refractivity contribution in [1.82, 2.24) is 9.80 Å². The van der Waals surface area contributed by atoms with E-state index in [1.807, 2.05) is 17.0 Å². The van der Waals surface area contributed by atoms with Gasteiger partial charge in [-0.05, 0) is 42.3 Å². The van der Waals surface area contributed by atoms with E-state index in [9.17, 15) is 9.59 Å². The third-order valence-electron chi connectivity index (χ3n) is 6.36. The van der Waals surface area contributed by atoms with Crippen molar-refractivity contribution in [3.63, 3.8) is 0 Å². The lowest BCUT2D eigenvalue weighted by atomic mass is 9.76. The summed E-state index contributed by atoms with van der Waals surface area (Å²) in [5, 5.41) is 2.36. The minimum Gasteiger partial charge on any atom is -0.469 e. The van der Waals surface area contributed by atoms with Crippen molar-refractivity contribution in [2.45, 2.75) is 31.3 Å². The van der Waals surface area contributed by atoms with Crippen molar-refractivity contribution in [3.8, 4) is 0 Å². The van der Waals surface area contributed by atoms with E-state index < -0.39 is 5.54 Å². The monoisotopic (exact) mass is 366 g/mol. The van der Waals surface area contributed by atoms with Gasteiger partial charge in [-0.1, -0.05) is 36.4 Å². The SMILES string of the molecule is COC(=O)C1CC(=O)N(Cc2ccc3ccccc3c2)C12CCN(C)CC2. The summed E-state index contributed by atoms with van der Waals surface area (Å²) in [7, 11) is 3.51. The van der Waals surface area contributed by atoms with Crippen LogP contribution in [0.15, 0.2) is 42.5 Å². The maximum atomic E-state index is 12.9. The number of ether oxygens (including phenoxy) is 1. The number of hydrogen-bond donors (Lipinski definition) is 0. The zero-order chi connectivity index (χ0) is 19.0. The number of amides is 1. The molecule has 2 fully saturated rings. The van der Waals surface area contributed by atoms with Gasteiger partial charge < -0.3 is 14.5 Å². The van der Waals surface area contributed by atoms with Crippen LogP contribution in [0.1, 0.15) is 24.8 Å². The Morgan fingerprint density at radius 1 is 1.15 bits per heavy atom. The molecule has 0 aromatic heterocycles. The normalized spacial score (nSPS) is 22.5. The highest BCUT2D eigenvalue weighted by Gasteiger charge is 2.56. The molecule has 5 nitrogen and oxygen atoms in total. The molecule has 2 aliphatic heterocycles. The van der Waals surface area contributed by atoms with E-state index in [-0.39, 0.29) is 24.2 Å². The average molecular weight is 366 g/mol. The van der Waals surface area contributed by atoms with E-state index in [0.717, 1.165) is 31.5 Å². The molecular formula is C22H26N2O3. The molecule has 2 aliphatic rings. The number of carbonyl (C=O) groups is 2. The lowest BCUT2D eigenvalue weighted by Crippen LogP contribution is -2.56. The largest absolute Gasteiger partial charge is 0.469 e. The standard InChI is InChI=1S/C22H26N2O3/c1-23-11-9-22(10-12-23)19(21(26)27-2)14-20(25)24(22)15-16-7-8-17-5-3-4-6-18(17)13-16/h3-8,13,19H,9-12,14-15H2,1-2H3. The summed E-state index contributed by atoms with van der Waals surface area (Å²) < 4.78 is 5.06. The Hall–Kier alpha value is -2.40. The number of benzene rings is 2. The lowest BCUT2D eigenvalue weighted by Gasteiger charge is -2.46. The molecule has 2 heterocycles. The second-order valence-corrected chi connectivity index (χ2v) is 7.85. The molecule has 1 atom stereocenters. The Morgan fingerprint density at radius 2 is 1.85 bits per heavy atom. The minimum atomic E-state index is -0.428. The number of nitrogens with zero attached hydrogens (tertiary/aromatic N) is 2. The van der Waals surface area contributed by atoms with Gasteiger partial charge in [0, 0.05) is 26.1 Å². The maximum Gasteiger partial charge on any atom is 0.311 e. The van der Waals surface area contributed by atoms with E-state index in [2.05, 4.69) is 42.3 Å². The highest BCUT2D eigenvalue weighted by atomic mass is 16.5. The first-order valence-corrected chi connectivity index (χ1v) is 9.58. The fourth-order valence-corrected chi connectivity index (χ4v) is 4.75. The molecule has 2 saturated heterocycles. The van der Waals surface area contributed by atoms with Crippen LogP contribution in [-0.4, -0.2) is 54.5 Å². The first-order valence-electron chi connectivity index (χ1n) is 9.58. The third kappa shape index (κ3) is 3.10. The summed E-state index contributed by atoms with van der Waals surface area (Å²) in [5.74, 6) is -0.568. The molecule has 1 unspecified atom stereocenters. The Morgan fingerprint density at radius 3 is 2.56 bits per heavy atom. The summed E-state index contributed by atoms with van der Waals surface area (Å²) in [6.45, 7) is 2.31. The summed E-state index contributed by atoms with van der Waals surface area (Å²) in [4.78, 5) is 29.6. The van der Waals surface area contributed by atoms with Crippen molar-refractivity contribution < 1.29 is 14.3 Å². The van der Waals surface area contributed by atoms with Crippen LogP contribution in [0.3, 0.4) is 0 Å². The van der Waals surface area contributed by atoms with Crippen LogP contribution in [0.4, 0.5) is 0 Å². The zero-order valence-corrected chi connectivity index (χ0v) is 16.0. The van der Waals surface area contributed by atoms with Gasteiger partial charge in [-0.2, -0.15) is 0 Å². The topological polar surface area (TPSA) is 49.9 Å². The number of piperidine rings is 1. The molecular weight excluding hydrogens is 340 g/mol. The molecule has 4 rings (SSSR count). The molecule has 142 valence electrons. The van der Waals surface area contributed by atoms with Crippen LogP contribution in [0.25, 0.3) is 10.8 Å². The van der Waals surface area contributed by atoms with E-state index in [1.54, 1.807) is 0 Å². The molecule has 0 radical (unpaired) electrons. The molecule has 0 bridgehead atoms. The molecule has 1 spiro atoms. The average Bonchev–Trinajstić information content (AvgIpc) is 2.95. The Balaban J connectivity index is 1.68. The van der Waals surface area contributed by atoms with Gasteiger partial charge in [-0.15, -0.1) is 0 Å². The molecule has 0 N–H and O–H groups in total. The lowest BCUT2D eigenvalue weighted by molar-refractivity contribution is -0.150. The Bertz CT molecular complexity index is 871. The van der Waals surface area contributed by atoms with E-state index in [1.165, 1.54) is 17.9 Å². The smallest absolute Gasteiger partial charge is 0.311 e. The van der Waals surface area contributed by atoms with Crippen molar-refractivity contribution in [3.05, 3.63) is 48.0 Å². The van der Waals surface area contributed by atoms with Crippen LogP contribution in [0.2, 0.25) is 0 Å². The second kappa shape index (κ2) is 6.97. The number of carbonyl (C=O) groups excluding carboxylic acids is 2. The van der Waals surface area contributed by atoms with Gasteiger partial charge in [-0.3, -0.25) is 9.59 Å². The van der Waals surface area contributed by atoms with Crippen LogP contribution in [-0.2, 0) is 20.9 Å². The fourth-order valence-electron chi connectivity index (χ4n) is 4.75. The molecule has 0 aliphatic carbocycles. The minimum absolute atomic E-state index is 0.0584. The second-order valence-electron chi connectivity index (χ2n) is 7.85. The van der Waals surface area contributed by atoms with E-state index in [4.69, 9.17) is 4.74 Å². The third-order valence-corrected chi connectivity index (χ3v) is 6.36. The van der Waals surface area contributed by atoms with Crippen molar-refractivity contribution in [2.24, 2.45) is 5.92 Å². The zero-order valence-electron chi connectivity index (χ0n) is 16.0. The molecule has 5 heteroatoms. The van der Waals surface area contributed by atoms with Gasteiger partial charge in [0.2, 0.25) is 5.91 Å². The van der Waals surface area contributed by atoms with Crippen molar-refractivity contribution in [1.29, 1.82) is 0 Å². The highest BCUT2D eigenvalue weighted by Crippen LogP contribution is 2.45. The van der Waals surface area contributed by atoms with Gasteiger partial charge in [0.1, 0.15) is 0 Å². The number of methoxy groups -OCH3 is 1. The summed E-state index contributed by atoms with van der Waals surface area (Å²) in [5.41, 5.74) is 0.674. The number of hydrogen-bond acceptors (Lipinski definition) is 4. The summed E-state index contributed by atoms with van der Waals surface area (Å²) >= 11 is 0. The van der Waals surface area contributed by atoms with Crippen molar-refractivity contribution in [2.75, 3.05) is 27.2 Å². The number of rotatable bonds is 3. The van der Waals surface area contributed by atoms with Crippen LogP contribution >= 0.6 is 0 Å². The van der Waals surface area contributed by atoms with Gasteiger partial charge in [-0.25, -0.2) is 0 Å². The molecule has 2 aromatic rings. The van der Waals surface area contributed by atoms with E-state index >= 15 is 0 Å². The molecule has 2 aromatic carbocycles. The van der Waals surface area contributed by atoms with E-state index in [0.29, 0.717) is 6.54 Å². The van der Waals surface area contributed by atoms with Gasteiger partial charge in [0.25, 0.3) is 0 Å². The predicted molar refractivity (Wildman–Crippen MR) is 104 cm³/mol. The van der Waals surface area contributed by atoms with Gasteiger partial charge in [0.15, 0.2) is 0 Å². The summed E-state index contributed by atoms with van der Waals surface area (Å²) in [6.07, 6.45) is 1.87. The number of likely N-dealkylation sites (tertiary alicyclic amines) is 2. The van der Waals surface area contributed by atoms with Gasteiger partial charge in [0.05, 0.1) is 18.6 Å². The number of esters is 1. The van der Waals surface area contributed by atoms with Crippen LogP contribution < -0.4 is 0 Å². The molecule has 0 saturated carbocycles. The Labute approximate surface area is 159 Å².